The van der Waals surface area contributed by atoms with Gasteiger partial charge in [-0.15, -0.1) is 0 Å². The summed E-state index contributed by atoms with van der Waals surface area (Å²) < 4.78 is 15.5. The zero-order valence-corrected chi connectivity index (χ0v) is 19.0. The van der Waals surface area contributed by atoms with Gasteiger partial charge >= 0.3 is 5.97 Å². The minimum Gasteiger partial charge on any atom is -0.493 e. The van der Waals surface area contributed by atoms with E-state index in [4.69, 9.17) is 25.8 Å². The second kappa shape index (κ2) is 11.5. The summed E-state index contributed by atoms with van der Waals surface area (Å²) in [6.07, 6.45) is 2.80. The van der Waals surface area contributed by atoms with Crippen LogP contribution in [0.4, 0.5) is 0 Å². The third kappa shape index (κ3) is 6.48. The standard InChI is InChI=1S/C24H27ClN2O5/c1-30-21-15-19(14-20(25)24(21)31-2)8-9-23(29)32-17-22(28)27-12-10-26(11-13-27)16-18-6-4-3-5-7-18/h3-9,14-15H,10-13,16-17H2,1-2H3/b9-8+. The van der Waals surface area contributed by atoms with Crippen LogP contribution in [0.3, 0.4) is 0 Å². The number of rotatable bonds is 8. The van der Waals surface area contributed by atoms with Crippen LogP contribution in [0.2, 0.25) is 5.02 Å². The first kappa shape index (κ1) is 23.6. The van der Waals surface area contributed by atoms with Gasteiger partial charge in [0.15, 0.2) is 18.1 Å². The summed E-state index contributed by atoms with van der Waals surface area (Å²) in [7, 11) is 3.00. The van der Waals surface area contributed by atoms with Crippen molar-refractivity contribution in [2.24, 2.45) is 0 Å². The fourth-order valence-corrected chi connectivity index (χ4v) is 3.76. The smallest absolute Gasteiger partial charge is 0.331 e. The van der Waals surface area contributed by atoms with E-state index in [0.717, 1.165) is 19.6 Å². The van der Waals surface area contributed by atoms with Crippen LogP contribution in [0, 0.1) is 0 Å². The van der Waals surface area contributed by atoms with E-state index in [1.54, 1.807) is 23.1 Å². The monoisotopic (exact) mass is 458 g/mol. The third-order valence-corrected chi connectivity index (χ3v) is 5.46. The molecule has 0 saturated carbocycles. The highest BCUT2D eigenvalue weighted by atomic mass is 35.5. The molecule has 7 nitrogen and oxygen atoms in total. The number of nitrogens with zero attached hydrogens (tertiary/aromatic N) is 2. The van der Waals surface area contributed by atoms with Gasteiger partial charge in [-0.05, 0) is 29.3 Å². The molecule has 1 aliphatic rings. The molecule has 0 bridgehead atoms. The summed E-state index contributed by atoms with van der Waals surface area (Å²) in [4.78, 5) is 28.5. The SMILES string of the molecule is COc1cc(/C=C/C(=O)OCC(=O)N2CCN(Cc3ccccc3)CC2)cc(Cl)c1OC. The summed E-state index contributed by atoms with van der Waals surface area (Å²) in [6.45, 7) is 3.38. The maximum atomic E-state index is 12.4. The van der Waals surface area contributed by atoms with Crippen LogP contribution in [-0.4, -0.2) is 68.7 Å². The second-order valence-electron chi connectivity index (χ2n) is 7.32. The van der Waals surface area contributed by atoms with Crippen molar-refractivity contribution in [2.75, 3.05) is 47.0 Å². The van der Waals surface area contributed by atoms with Crippen molar-refractivity contribution in [3.8, 4) is 11.5 Å². The Balaban J connectivity index is 1.44. The summed E-state index contributed by atoms with van der Waals surface area (Å²) >= 11 is 6.16. The van der Waals surface area contributed by atoms with Gasteiger partial charge in [-0.25, -0.2) is 4.79 Å². The molecule has 0 atom stereocenters. The van der Waals surface area contributed by atoms with E-state index >= 15 is 0 Å². The van der Waals surface area contributed by atoms with E-state index < -0.39 is 5.97 Å². The molecule has 1 fully saturated rings. The van der Waals surface area contributed by atoms with E-state index in [0.29, 0.717) is 35.2 Å². The van der Waals surface area contributed by atoms with Crippen molar-refractivity contribution in [1.82, 2.24) is 9.80 Å². The molecule has 0 aromatic heterocycles. The van der Waals surface area contributed by atoms with Crippen LogP contribution in [0.15, 0.2) is 48.5 Å². The molecule has 1 heterocycles. The minimum atomic E-state index is -0.605. The Morgan fingerprint density at radius 1 is 1.03 bits per heavy atom. The molecule has 32 heavy (non-hydrogen) atoms. The maximum Gasteiger partial charge on any atom is 0.331 e. The normalized spacial score (nSPS) is 14.4. The number of hydrogen-bond donors (Lipinski definition) is 0. The number of piperazine rings is 1. The Morgan fingerprint density at radius 3 is 2.41 bits per heavy atom. The van der Waals surface area contributed by atoms with E-state index in [9.17, 15) is 9.59 Å². The molecule has 0 spiro atoms. The van der Waals surface area contributed by atoms with Crippen LogP contribution in [-0.2, 0) is 20.9 Å². The Hall–Kier alpha value is -3.03. The molecular weight excluding hydrogens is 432 g/mol. The van der Waals surface area contributed by atoms with Crippen molar-refractivity contribution in [3.63, 3.8) is 0 Å². The molecule has 0 radical (unpaired) electrons. The molecule has 0 unspecified atom stereocenters. The molecule has 0 N–H and O–H groups in total. The van der Waals surface area contributed by atoms with Crippen LogP contribution < -0.4 is 9.47 Å². The Morgan fingerprint density at radius 2 is 1.75 bits per heavy atom. The maximum absolute atomic E-state index is 12.4. The summed E-state index contributed by atoms with van der Waals surface area (Å²) in [6, 6.07) is 13.6. The molecular formula is C24H27ClN2O5. The molecule has 1 aliphatic heterocycles. The fourth-order valence-electron chi connectivity index (χ4n) is 3.47. The second-order valence-corrected chi connectivity index (χ2v) is 7.73. The third-order valence-electron chi connectivity index (χ3n) is 5.18. The van der Waals surface area contributed by atoms with Crippen LogP contribution >= 0.6 is 11.6 Å². The first-order valence-electron chi connectivity index (χ1n) is 10.3. The number of benzene rings is 2. The van der Waals surface area contributed by atoms with Gasteiger partial charge in [-0.3, -0.25) is 9.69 Å². The predicted octanol–water partition coefficient (Wildman–Crippen LogP) is 3.26. The Kier molecular flexibility index (Phi) is 8.53. The van der Waals surface area contributed by atoms with Gasteiger partial charge in [-0.1, -0.05) is 41.9 Å². The molecule has 1 amide bonds. The van der Waals surface area contributed by atoms with E-state index in [2.05, 4.69) is 17.0 Å². The molecule has 2 aromatic carbocycles. The van der Waals surface area contributed by atoms with Crippen molar-refractivity contribution in [1.29, 1.82) is 0 Å². The van der Waals surface area contributed by atoms with E-state index in [1.807, 2.05) is 18.2 Å². The quantitative estimate of drug-likeness (QED) is 0.447. The highest BCUT2D eigenvalue weighted by molar-refractivity contribution is 6.32. The Labute approximate surface area is 193 Å². The number of ether oxygens (including phenoxy) is 3. The molecule has 3 rings (SSSR count). The predicted molar refractivity (Wildman–Crippen MR) is 123 cm³/mol. The highest BCUT2D eigenvalue weighted by Gasteiger charge is 2.21. The average Bonchev–Trinajstić information content (AvgIpc) is 2.82. The number of carbonyl (C=O) groups is 2. The lowest BCUT2D eigenvalue weighted by Crippen LogP contribution is -2.49. The lowest BCUT2D eigenvalue weighted by Gasteiger charge is -2.34. The van der Waals surface area contributed by atoms with Gasteiger partial charge in [0.25, 0.3) is 5.91 Å². The summed E-state index contributed by atoms with van der Waals surface area (Å²) in [5, 5.41) is 0.362. The minimum absolute atomic E-state index is 0.194. The van der Waals surface area contributed by atoms with Gasteiger partial charge in [0.2, 0.25) is 0 Å². The van der Waals surface area contributed by atoms with Crippen molar-refractivity contribution < 1.29 is 23.8 Å². The average molecular weight is 459 g/mol. The number of carbonyl (C=O) groups excluding carboxylic acids is 2. The molecule has 2 aromatic rings. The van der Waals surface area contributed by atoms with Crippen molar-refractivity contribution in [3.05, 3.63) is 64.7 Å². The lowest BCUT2D eigenvalue weighted by molar-refractivity contribution is -0.149. The van der Waals surface area contributed by atoms with Gasteiger partial charge in [0.1, 0.15) is 0 Å². The first-order valence-corrected chi connectivity index (χ1v) is 10.7. The zero-order chi connectivity index (χ0) is 22.9. The zero-order valence-electron chi connectivity index (χ0n) is 18.3. The number of esters is 1. The number of methoxy groups -OCH3 is 2. The number of hydrogen-bond acceptors (Lipinski definition) is 6. The largest absolute Gasteiger partial charge is 0.493 e. The Bertz CT molecular complexity index is 956. The fraction of sp³-hybridized carbons (Fsp3) is 0.333. The number of amides is 1. The molecule has 170 valence electrons. The van der Waals surface area contributed by atoms with Crippen LogP contribution in [0.1, 0.15) is 11.1 Å². The van der Waals surface area contributed by atoms with Crippen LogP contribution in [0.5, 0.6) is 11.5 Å². The van der Waals surface area contributed by atoms with Gasteiger partial charge in [0, 0.05) is 38.8 Å². The summed E-state index contributed by atoms with van der Waals surface area (Å²) in [5.74, 6) is 0.0743. The summed E-state index contributed by atoms with van der Waals surface area (Å²) in [5.41, 5.74) is 1.90. The topological polar surface area (TPSA) is 68.3 Å². The van der Waals surface area contributed by atoms with Gasteiger partial charge < -0.3 is 19.1 Å². The molecule has 8 heteroatoms. The van der Waals surface area contributed by atoms with Crippen molar-refractivity contribution >= 4 is 29.6 Å². The number of halogens is 1. The van der Waals surface area contributed by atoms with Gasteiger partial charge in [-0.2, -0.15) is 0 Å². The first-order chi connectivity index (χ1) is 15.5. The molecule has 0 aliphatic carbocycles. The van der Waals surface area contributed by atoms with Crippen LogP contribution in [0.25, 0.3) is 6.08 Å². The van der Waals surface area contributed by atoms with Gasteiger partial charge in [0.05, 0.1) is 19.2 Å². The van der Waals surface area contributed by atoms with Crippen molar-refractivity contribution in [2.45, 2.75) is 6.54 Å². The highest BCUT2D eigenvalue weighted by Crippen LogP contribution is 2.36. The lowest BCUT2D eigenvalue weighted by atomic mass is 10.2. The van der Waals surface area contributed by atoms with E-state index in [1.165, 1.54) is 25.9 Å². The molecule has 1 saturated heterocycles. The van der Waals surface area contributed by atoms with E-state index in [-0.39, 0.29) is 12.5 Å².